The van der Waals surface area contributed by atoms with Gasteiger partial charge in [-0.2, -0.15) is 0 Å². The van der Waals surface area contributed by atoms with Gasteiger partial charge in [0.2, 0.25) is 0 Å². The van der Waals surface area contributed by atoms with E-state index in [1.165, 1.54) is 24.3 Å². The molecule has 1 heterocycles. The Labute approximate surface area is 137 Å². The Morgan fingerprint density at radius 3 is 2.30 bits per heavy atom. The molecule has 0 aliphatic carbocycles. The second-order valence-corrected chi connectivity index (χ2v) is 4.33. The number of aromatic carboxylic acids is 1. The van der Waals surface area contributed by atoms with Gasteiger partial charge in [0, 0.05) is 5.69 Å². The first-order valence-electron chi connectivity index (χ1n) is 5.74. The monoisotopic (exact) mass is 293 g/mol. The normalized spacial score (nSPS) is 29.4. The number of carboxylic acid groups (broad SMARTS) is 1. The van der Waals surface area contributed by atoms with Crippen LogP contribution in [0, 0.1) is 0 Å². The predicted molar refractivity (Wildman–Crippen MR) is 71.9 cm³/mol. The second-order valence-electron chi connectivity index (χ2n) is 4.33. The van der Waals surface area contributed by atoms with Crippen molar-refractivity contribution in [1.29, 1.82) is 0 Å². The number of anilines is 1. The van der Waals surface area contributed by atoms with Gasteiger partial charge in [-0.1, -0.05) is 0 Å². The molecule has 1 aliphatic heterocycles. The molecule has 0 unspecified atom stereocenters. The third kappa shape index (κ3) is 3.92. The number of aliphatic hydroxyl groups is 3. The zero-order valence-corrected chi connectivity index (χ0v) is 9.93. The number of carbonyl (C=O) groups is 1. The Kier molecular flexibility index (Phi) is 6.41. The van der Waals surface area contributed by atoms with Crippen molar-refractivity contribution in [1.82, 2.24) is 0 Å². The van der Waals surface area contributed by atoms with E-state index < -0.39 is 30.5 Å². The maximum absolute atomic E-state index is 10.7. The van der Waals surface area contributed by atoms with Crippen molar-refractivity contribution in [2.75, 3.05) is 11.9 Å². The van der Waals surface area contributed by atoms with Gasteiger partial charge in [0.1, 0.15) is 18.3 Å². The summed E-state index contributed by atoms with van der Waals surface area (Å²) in [4.78, 5) is 10.7. The van der Waals surface area contributed by atoms with E-state index in [0.29, 0.717) is 5.69 Å². The summed E-state index contributed by atoms with van der Waals surface area (Å²) >= 11 is 0. The van der Waals surface area contributed by atoms with Crippen molar-refractivity contribution in [2.24, 2.45) is 0 Å². The predicted octanol–water partition coefficient (Wildman–Crippen LogP) is -1.41. The summed E-state index contributed by atoms with van der Waals surface area (Å²) in [5.74, 6) is -1.03. The van der Waals surface area contributed by atoms with Crippen molar-refractivity contribution in [2.45, 2.75) is 24.5 Å². The van der Waals surface area contributed by atoms with Gasteiger partial charge in [0.25, 0.3) is 0 Å². The van der Waals surface area contributed by atoms with Gasteiger partial charge in [0.15, 0.2) is 6.23 Å². The van der Waals surface area contributed by atoms with E-state index in [9.17, 15) is 20.1 Å². The van der Waals surface area contributed by atoms with Crippen LogP contribution in [0.1, 0.15) is 10.4 Å². The van der Waals surface area contributed by atoms with Crippen LogP contribution < -0.4 is 5.32 Å². The first-order chi connectivity index (χ1) is 8.99. The minimum absolute atomic E-state index is 0. The summed E-state index contributed by atoms with van der Waals surface area (Å²) in [6.45, 7) is -0.0941. The first-order valence-corrected chi connectivity index (χ1v) is 5.74. The van der Waals surface area contributed by atoms with Gasteiger partial charge in [-0.3, -0.25) is 0 Å². The Hall–Kier alpha value is -0.670. The fourth-order valence-electron chi connectivity index (χ4n) is 1.81. The molecule has 1 aromatic carbocycles. The summed E-state index contributed by atoms with van der Waals surface area (Å²) in [7, 11) is 0. The van der Waals surface area contributed by atoms with E-state index >= 15 is 0 Å². The number of hydrogen-bond donors (Lipinski definition) is 5. The van der Waals surface area contributed by atoms with E-state index in [-0.39, 0.29) is 41.7 Å². The van der Waals surface area contributed by atoms with E-state index in [1.807, 2.05) is 0 Å². The van der Waals surface area contributed by atoms with Crippen LogP contribution in [0.25, 0.3) is 0 Å². The van der Waals surface area contributed by atoms with Crippen LogP contribution in [-0.2, 0) is 4.74 Å². The number of rotatable bonds is 3. The minimum atomic E-state index is -1.29. The Morgan fingerprint density at radius 1 is 1.15 bits per heavy atom. The van der Waals surface area contributed by atoms with Crippen LogP contribution in [0.3, 0.4) is 0 Å². The van der Waals surface area contributed by atoms with Gasteiger partial charge in [0.05, 0.1) is 12.2 Å². The number of aliphatic hydroxyl groups excluding tert-OH is 3. The molecule has 0 spiro atoms. The molecule has 5 N–H and O–H groups in total. The molecule has 0 bridgehead atoms. The summed E-state index contributed by atoms with van der Waals surface area (Å²) < 4.78 is 5.17. The Morgan fingerprint density at radius 2 is 1.75 bits per heavy atom. The molecular formula is C12H16NNaO6. The summed E-state index contributed by atoms with van der Waals surface area (Å²) in [5.41, 5.74) is 0.684. The Bertz CT molecular complexity index is 454. The van der Waals surface area contributed by atoms with Crippen LogP contribution >= 0.6 is 0 Å². The van der Waals surface area contributed by atoms with Crippen molar-refractivity contribution < 1.29 is 30.0 Å². The molecule has 0 saturated carbocycles. The molecule has 20 heavy (non-hydrogen) atoms. The van der Waals surface area contributed by atoms with E-state index in [2.05, 4.69) is 5.32 Å². The topological polar surface area (TPSA) is 119 Å². The number of nitrogens with one attached hydrogen (secondary N) is 1. The molecule has 1 aromatic rings. The third-order valence-electron chi connectivity index (χ3n) is 2.94. The zero-order valence-electron chi connectivity index (χ0n) is 9.93. The van der Waals surface area contributed by atoms with Gasteiger partial charge in [-0.25, -0.2) is 4.79 Å². The number of carboxylic acids is 1. The number of benzene rings is 1. The Balaban J connectivity index is 0.00000200. The van der Waals surface area contributed by atoms with Crippen molar-refractivity contribution in [3.63, 3.8) is 0 Å². The zero-order chi connectivity index (χ0) is 14.0. The molecule has 0 amide bonds. The van der Waals surface area contributed by atoms with Gasteiger partial charge < -0.3 is 30.5 Å². The summed E-state index contributed by atoms with van der Waals surface area (Å²) in [6.07, 6.45) is -4.55. The van der Waals surface area contributed by atoms with Crippen LogP contribution in [0.4, 0.5) is 5.69 Å². The molecule has 1 saturated heterocycles. The molecule has 0 aromatic heterocycles. The van der Waals surface area contributed by atoms with Gasteiger partial charge in [-0.05, 0) is 24.3 Å². The average Bonchev–Trinajstić information content (AvgIpc) is 2.40. The molecule has 2 rings (SSSR count). The van der Waals surface area contributed by atoms with Gasteiger partial charge >= 0.3 is 35.5 Å². The molecule has 106 valence electrons. The first kappa shape index (κ1) is 17.4. The number of ether oxygens (including phenoxy) is 1. The van der Waals surface area contributed by atoms with Crippen molar-refractivity contribution >= 4 is 41.2 Å². The van der Waals surface area contributed by atoms with Gasteiger partial charge in [-0.15, -0.1) is 0 Å². The van der Waals surface area contributed by atoms with Crippen LogP contribution in [-0.4, -0.2) is 87.1 Å². The van der Waals surface area contributed by atoms with Crippen LogP contribution in [0.2, 0.25) is 0 Å². The third-order valence-corrected chi connectivity index (χ3v) is 2.94. The SMILES string of the molecule is O=C(O)c1ccc(N[C@@H]2OC[C@@H](O)[C@H](O)[C@H]2O)cc1.[NaH]. The van der Waals surface area contributed by atoms with Crippen molar-refractivity contribution in [3.8, 4) is 0 Å². The van der Waals surface area contributed by atoms with E-state index in [0.717, 1.165) is 0 Å². The van der Waals surface area contributed by atoms with Crippen LogP contribution in [0.15, 0.2) is 24.3 Å². The molecule has 1 aliphatic rings. The molecule has 7 nitrogen and oxygen atoms in total. The maximum atomic E-state index is 10.7. The standard InChI is InChI=1S/C12H15NO6.Na.H/c14-8-5-19-11(10(16)9(8)15)13-7-3-1-6(2-4-7)12(17)18;;/h1-4,8-11,13-16H,5H2,(H,17,18);;/t8-,9+,10-,11-;;/m1../s1. The fraction of sp³-hybridized carbons (Fsp3) is 0.417. The van der Waals surface area contributed by atoms with E-state index in [4.69, 9.17) is 9.84 Å². The number of hydrogen-bond acceptors (Lipinski definition) is 6. The summed E-state index contributed by atoms with van der Waals surface area (Å²) in [6, 6.07) is 5.87. The van der Waals surface area contributed by atoms with E-state index in [1.54, 1.807) is 0 Å². The molecule has 1 fully saturated rings. The van der Waals surface area contributed by atoms with Crippen LogP contribution in [0.5, 0.6) is 0 Å². The molecule has 0 radical (unpaired) electrons. The average molecular weight is 293 g/mol. The van der Waals surface area contributed by atoms with Crippen molar-refractivity contribution in [3.05, 3.63) is 29.8 Å². The molecule has 4 atom stereocenters. The quantitative estimate of drug-likeness (QED) is 0.434. The summed E-state index contributed by atoms with van der Waals surface area (Å²) in [5, 5.41) is 40.1. The molecular weight excluding hydrogens is 277 g/mol. The molecule has 8 heteroatoms. The fourth-order valence-corrected chi connectivity index (χ4v) is 1.81. The second kappa shape index (κ2) is 7.37.